The zero-order valence-corrected chi connectivity index (χ0v) is 9.83. The van der Waals surface area contributed by atoms with Gasteiger partial charge in [0.1, 0.15) is 6.04 Å². The number of rotatable bonds is 3. The first kappa shape index (κ1) is 14.7. The summed E-state index contributed by atoms with van der Waals surface area (Å²) in [5.41, 5.74) is 0. The standard InChI is InChI=1S/C10H15F3N2O3/c1-6(16)5-14-8(17)7-3-2-4-15(7)9(18)10(11,12)13/h6-7,16H,2-5H2,1H3,(H,14,17). The van der Waals surface area contributed by atoms with E-state index in [0.29, 0.717) is 11.3 Å². The van der Waals surface area contributed by atoms with Gasteiger partial charge in [-0.2, -0.15) is 13.2 Å². The molecule has 0 bridgehead atoms. The fraction of sp³-hybridized carbons (Fsp3) is 0.800. The molecule has 0 radical (unpaired) electrons. The lowest BCUT2D eigenvalue weighted by Crippen LogP contribution is -2.50. The summed E-state index contributed by atoms with van der Waals surface area (Å²) in [6.07, 6.45) is -5.20. The highest BCUT2D eigenvalue weighted by Crippen LogP contribution is 2.25. The van der Waals surface area contributed by atoms with Gasteiger partial charge in [-0.05, 0) is 19.8 Å². The van der Waals surface area contributed by atoms with E-state index < -0.39 is 30.1 Å². The fourth-order valence-corrected chi connectivity index (χ4v) is 1.81. The molecule has 2 atom stereocenters. The van der Waals surface area contributed by atoms with Crippen molar-refractivity contribution in [3.8, 4) is 0 Å². The van der Waals surface area contributed by atoms with Gasteiger partial charge < -0.3 is 15.3 Å². The monoisotopic (exact) mass is 268 g/mol. The molecule has 1 rings (SSSR count). The molecule has 1 aliphatic heterocycles. The van der Waals surface area contributed by atoms with E-state index in [0.717, 1.165) is 0 Å². The summed E-state index contributed by atoms with van der Waals surface area (Å²) >= 11 is 0. The van der Waals surface area contributed by atoms with Crippen molar-refractivity contribution >= 4 is 11.8 Å². The van der Waals surface area contributed by atoms with Gasteiger partial charge in [-0.15, -0.1) is 0 Å². The molecule has 1 heterocycles. The first-order valence-electron chi connectivity index (χ1n) is 5.57. The van der Waals surface area contributed by atoms with Crippen LogP contribution in [0.4, 0.5) is 13.2 Å². The van der Waals surface area contributed by atoms with Crippen molar-refractivity contribution in [1.82, 2.24) is 10.2 Å². The zero-order chi connectivity index (χ0) is 13.9. The molecule has 2 amide bonds. The van der Waals surface area contributed by atoms with Crippen LogP contribution in [0.5, 0.6) is 0 Å². The summed E-state index contributed by atoms with van der Waals surface area (Å²) in [5.74, 6) is -2.65. The summed E-state index contributed by atoms with van der Waals surface area (Å²) < 4.78 is 36.9. The number of nitrogens with one attached hydrogen (secondary N) is 1. The molecule has 2 N–H and O–H groups in total. The Kier molecular flexibility index (Phi) is 4.55. The highest BCUT2D eigenvalue weighted by atomic mass is 19.4. The molecule has 1 aliphatic rings. The number of amides is 2. The summed E-state index contributed by atoms with van der Waals surface area (Å²) in [7, 11) is 0. The van der Waals surface area contributed by atoms with Gasteiger partial charge in [0.05, 0.1) is 6.10 Å². The first-order valence-corrected chi connectivity index (χ1v) is 5.57. The van der Waals surface area contributed by atoms with Crippen molar-refractivity contribution in [2.24, 2.45) is 0 Å². The van der Waals surface area contributed by atoms with Crippen LogP contribution in [0.2, 0.25) is 0 Å². The molecule has 2 unspecified atom stereocenters. The molecule has 104 valence electrons. The molecule has 0 saturated carbocycles. The van der Waals surface area contributed by atoms with Crippen molar-refractivity contribution in [3.63, 3.8) is 0 Å². The van der Waals surface area contributed by atoms with Crippen molar-refractivity contribution in [2.45, 2.75) is 38.1 Å². The SMILES string of the molecule is CC(O)CNC(=O)C1CCCN1C(=O)C(F)(F)F. The summed E-state index contributed by atoms with van der Waals surface area (Å²) in [4.78, 5) is 23.2. The number of hydrogen-bond acceptors (Lipinski definition) is 3. The van der Waals surface area contributed by atoms with Crippen molar-refractivity contribution in [2.75, 3.05) is 13.1 Å². The number of carbonyl (C=O) groups excluding carboxylic acids is 2. The molecule has 0 spiro atoms. The van der Waals surface area contributed by atoms with E-state index in [9.17, 15) is 22.8 Å². The van der Waals surface area contributed by atoms with Gasteiger partial charge in [-0.1, -0.05) is 0 Å². The zero-order valence-electron chi connectivity index (χ0n) is 9.83. The average molecular weight is 268 g/mol. The highest BCUT2D eigenvalue weighted by molar-refractivity contribution is 5.90. The van der Waals surface area contributed by atoms with Crippen LogP contribution in [-0.4, -0.2) is 53.2 Å². The van der Waals surface area contributed by atoms with Gasteiger partial charge in [-0.3, -0.25) is 9.59 Å². The minimum absolute atomic E-state index is 0.0522. The highest BCUT2D eigenvalue weighted by Gasteiger charge is 2.47. The number of likely N-dealkylation sites (tertiary alicyclic amines) is 1. The molecule has 1 fully saturated rings. The smallest absolute Gasteiger partial charge is 0.392 e. The summed E-state index contributed by atoms with van der Waals surface area (Å²) in [6, 6.07) is -1.10. The van der Waals surface area contributed by atoms with Gasteiger partial charge >= 0.3 is 12.1 Å². The molecule has 0 aromatic carbocycles. The number of aliphatic hydroxyl groups is 1. The van der Waals surface area contributed by atoms with Crippen LogP contribution in [-0.2, 0) is 9.59 Å². The van der Waals surface area contributed by atoms with Crippen LogP contribution < -0.4 is 5.32 Å². The van der Waals surface area contributed by atoms with Crippen molar-refractivity contribution in [1.29, 1.82) is 0 Å². The van der Waals surface area contributed by atoms with Gasteiger partial charge in [0.15, 0.2) is 0 Å². The maximum absolute atomic E-state index is 12.3. The Labute approximate surface area is 102 Å². The van der Waals surface area contributed by atoms with E-state index in [1.165, 1.54) is 6.92 Å². The molecule has 8 heteroatoms. The number of carbonyl (C=O) groups is 2. The van der Waals surface area contributed by atoms with E-state index in [1.54, 1.807) is 0 Å². The third-order valence-electron chi connectivity index (χ3n) is 2.63. The number of alkyl halides is 3. The molecule has 1 saturated heterocycles. The number of aliphatic hydroxyl groups excluding tert-OH is 1. The van der Waals surface area contributed by atoms with Gasteiger partial charge in [0.2, 0.25) is 5.91 Å². The second kappa shape index (κ2) is 5.55. The van der Waals surface area contributed by atoms with Crippen LogP contribution in [0.1, 0.15) is 19.8 Å². The number of halogens is 3. The Morgan fingerprint density at radius 3 is 2.61 bits per heavy atom. The third kappa shape index (κ3) is 3.59. The number of hydrogen-bond donors (Lipinski definition) is 2. The topological polar surface area (TPSA) is 69.6 Å². The predicted molar refractivity (Wildman–Crippen MR) is 55.5 cm³/mol. The minimum atomic E-state index is -4.97. The van der Waals surface area contributed by atoms with Crippen molar-refractivity contribution < 1.29 is 27.9 Å². The average Bonchev–Trinajstić information content (AvgIpc) is 2.71. The quantitative estimate of drug-likeness (QED) is 0.759. The third-order valence-corrected chi connectivity index (χ3v) is 2.63. The number of nitrogens with zero attached hydrogens (tertiary/aromatic N) is 1. The van der Waals surface area contributed by atoms with E-state index in [-0.39, 0.29) is 19.5 Å². The summed E-state index contributed by atoms with van der Waals surface area (Å²) in [5, 5.41) is 11.3. The molecular formula is C10H15F3N2O3. The Morgan fingerprint density at radius 2 is 2.11 bits per heavy atom. The lowest BCUT2D eigenvalue weighted by molar-refractivity contribution is -0.186. The lowest BCUT2D eigenvalue weighted by atomic mass is 10.2. The molecule has 5 nitrogen and oxygen atoms in total. The Bertz CT molecular complexity index is 331. The van der Waals surface area contributed by atoms with Crippen molar-refractivity contribution in [3.05, 3.63) is 0 Å². The maximum atomic E-state index is 12.3. The molecule has 0 aliphatic carbocycles. The van der Waals surface area contributed by atoms with E-state index in [4.69, 9.17) is 5.11 Å². The summed E-state index contributed by atoms with van der Waals surface area (Å²) in [6.45, 7) is 1.31. The molecular weight excluding hydrogens is 253 g/mol. The minimum Gasteiger partial charge on any atom is -0.392 e. The van der Waals surface area contributed by atoms with Gasteiger partial charge in [0.25, 0.3) is 0 Å². The van der Waals surface area contributed by atoms with Crippen LogP contribution in [0.25, 0.3) is 0 Å². The van der Waals surface area contributed by atoms with E-state index in [1.807, 2.05) is 0 Å². The van der Waals surface area contributed by atoms with E-state index in [2.05, 4.69) is 5.32 Å². The predicted octanol–water partition coefficient (Wildman–Crippen LogP) is 0.0367. The Morgan fingerprint density at radius 1 is 1.50 bits per heavy atom. The maximum Gasteiger partial charge on any atom is 0.471 e. The molecule has 0 aromatic heterocycles. The molecule has 18 heavy (non-hydrogen) atoms. The van der Waals surface area contributed by atoms with Gasteiger partial charge in [-0.25, -0.2) is 0 Å². The molecule has 0 aromatic rings. The lowest BCUT2D eigenvalue weighted by Gasteiger charge is -2.24. The largest absolute Gasteiger partial charge is 0.471 e. The normalized spacial score (nSPS) is 21.8. The Balaban J connectivity index is 2.65. The van der Waals surface area contributed by atoms with E-state index >= 15 is 0 Å². The second-order valence-corrected chi connectivity index (χ2v) is 4.25. The Hall–Kier alpha value is -1.31. The van der Waals surface area contributed by atoms with Crippen LogP contribution in [0.3, 0.4) is 0 Å². The fourth-order valence-electron chi connectivity index (χ4n) is 1.81. The van der Waals surface area contributed by atoms with Gasteiger partial charge in [0, 0.05) is 13.1 Å². The van der Waals surface area contributed by atoms with Crippen LogP contribution in [0.15, 0.2) is 0 Å². The first-order chi connectivity index (χ1) is 8.23. The van der Waals surface area contributed by atoms with Crippen LogP contribution >= 0.6 is 0 Å². The second-order valence-electron chi connectivity index (χ2n) is 4.25. The van der Waals surface area contributed by atoms with Crippen LogP contribution in [0, 0.1) is 0 Å².